The Bertz CT molecular complexity index is 1410. The van der Waals surface area contributed by atoms with Gasteiger partial charge in [-0.1, -0.05) is 56.6 Å². The summed E-state index contributed by atoms with van der Waals surface area (Å²) in [4.78, 5) is 28.0. The molecule has 1 aliphatic rings. The Morgan fingerprint density at radius 2 is 1.65 bits per heavy atom. The molecule has 0 spiro atoms. The second-order valence-corrected chi connectivity index (χ2v) is 10.1. The highest BCUT2D eigenvalue weighted by Crippen LogP contribution is 2.44. The van der Waals surface area contributed by atoms with Crippen molar-refractivity contribution in [1.29, 1.82) is 0 Å². The molecule has 1 fully saturated rings. The zero-order chi connectivity index (χ0) is 27.1. The van der Waals surface area contributed by atoms with Gasteiger partial charge in [0.25, 0.3) is 11.7 Å². The van der Waals surface area contributed by atoms with Crippen molar-refractivity contribution in [3.8, 4) is 11.5 Å². The van der Waals surface area contributed by atoms with Gasteiger partial charge in [-0.3, -0.25) is 14.5 Å². The van der Waals surface area contributed by atoms with Crippen molar-refractivity contribution in [3.63, 3.8) is 0 Å². The molecule has 3 aromatic carbocycles. The van der Waals surface area contributed by atoms with Crippen LogP contribution in [0.25, 0.3) is 5.76 Å². The van der Waals surface area contributed by atoms with Crippen molar-refractivity contribution >= 4 is 34.7 Å². The van der Waals surface area contributed by atoms with Crippen molar-refractivity contribution in [2.24, 2.45) is 0 Å². The van der Waals surface area contributed by atoms with Gasteiger partial charge in [-0.25, -0.2) is 4.39 Å². The molecule has 1 N–H and O–H groups in total. The monoisotopic (exact) mass is 523 g/mol. The molecule has 1 aliphatic heterocycles. The number of carbonyl (C=O) groups is 2. The van der Waals surface area contributed by atoms with Gasteiger partial charge in [0, 0.05) is 5.69 Å². The number of aliphatic hydroxyl groups is 1. The Labute approximate surface area is 219 Å². The smallest absolute Gasteiger partial charge is 0.300 e. The summed E-state index contributed by atoms with van der Waals surface area (Å²) in [6.45, 7) is 6.22. The Hall–Kier alpha value is -3.84. The number of halogens is 2. The minimum Gasteiger partial charge on any atom is -0.507 e. The van der Waals surface area contributed by atoms with Gasteiger partial charge < -0.3 is 14.6 Å². The first-order valence-electron chi connectivity index (χ1n) is 11.6. The Balaban J connectivity index is 1.98. The third kappa shape index (κ3) is 4.79. The predicted octanol–water partition coefficient (Wildman–Crippen LogP) is 6.42. The van der Waals surface area contributed by atoms with E-state index >= 15 is 0 Å². The predicted molar refractivity (Wildman–Crippen MR) is 141 cm³/mol. The molecule has 0 aliphatic carbocycles. The SMILES string of the molecule is COc1ccc(OC)c(/C(O)=C2\C(=O)C(=O)N(c3ccc(F)c(Cl)c3)C2c2ccc(C(C)(C)C)cc2)c1. The van der Waals surface area contributed by atoms with Crippen LogP contribution in [0.5, 0.6) is 11.5 Å². The van der Waals surface area contributed by atoms with Gasteiger partial charge in [-0.05, 0) is 52.9 Å². The van der Waals surface area contributed by atoms with Gasteiger partial charge in [-0.2, -0.15) is 0 Å². The maximum Gasteiger partial charge on any atom is 0.300 e. The second kappa shape index (κ2) is 9.90. The number of aliphatic hydroxyl groups excluding tert-OH is 1. The first kappa shape index (κ1) is 26.2. The molecule has 1 amide bonds. The molecule has 37 heavy (non-hydrogen) atoms. The lowest BCUT2D eigenvalue weighted by molar-refractivity contribution is -0.132. The van der Waals surface area contributed by atoms with Crippen LogP contribution in [0.3, 0.4) is 0 Å². The van der Waals surface area contributed by atoms with Gasteiger partial charge in [0.15, 0.2) is 0 Å². The van der Waals surface area contributed by atoms with Gasteiger partial charge in [0.1, 0.15) is 23.1 Å². The Morgan fingerprint density at radius 1 is 0.973 bits per heavy atom. The van der Waals surface area contributed by atoms with Crippen LogP contribution in [0.1, 0.15) is 43.5 Å². The highest BCUT2D eigenvalue weighted by Gasteiger charge is 2.47. The van der Waals surface area contributed by atoms with Crippen molar-refractivity contribution in [1.82, 2.24) is 0 Å². The summed E-state index contributed by atoms with van der Waals surface area (Å²) in [5.74, 6) is -2.14. The molecule has 1 heterocycles. The minimum absolute atomic E-state index is 0.126. The summed E-state index contributed by atoms with van der Waals surface area (Å²) < 4.78 is 24.6. The van der Waals surface area contributed by atoms with Crippen LogP contribution in [0.4, 0.5) is 10.1 Å². The van der Waals surface area contributed by atoms with E-state index in [0.717, 1.165) is 11.6 Å². The second-order valence-electron chi connectivity index (χ2n) is 9.71. The maximum atomic E-state index is 13.9. The fourth-order valence-electron chi connectivity index (χ4n) is 4.36. The Kier molecular flexibility index (Phi) is 7.02. The van der Waals surface area contributed by atoms with E-state index in [4.69, 9.17) is 21.1 Å². The van der Waals surface area contributed by atoms with Crippen LogP contribution < -0.4 is 14.4 Å². The minimum atomic E-state index is -1.01. The molecule has 1 saturated heterocycles. The number of carbonyl (C=O) groups excluding carboxylic acids is 2. The molecule has 0 radical (unpaired) electrons. The molecular weight excluding hydrogens is 497 g/mol. The van der Waals surface area contributed by atoms with E-state index in [1.807, 2.05) is 24.3 Å². The number of hydrogen-bond acceptors (Lipinski definition) is 5. The molecule has 0 saturated carbocycles. The molecule has 1 unspecified atom stereocenters. The van der Waals surface area contributed by atoms with Crippen molar-refractivity contribution in [2.75, 3.05) is 19.1 Å². The number of anilines is 1. The average Bonchev–Trinajstić information content (AvgIpc) is 3.14. The highest BCUT2D eigenvalue weighted by molar-refractivity contribution is 6.51. The number of benzene rings is 3. The van der Waals surface area contributed by atoms with E-state index < -0.39 is 29.3 Å². The van der Waals surface area contributed by atoms with E-state index in [-0.39, 0.29) is 33.0 Å². The quantitative estimate of drug-likeness (QED) is 0.237. The third-order valence-corrected chi connectivity index (χ3v) is 6.67. The van der Waals surface area contributed by atoms with E-state index in [1.54, 1.807) is 12.1 Å². The summed E-state index contributed by atoms with van der Waals surface area (Å²) in [5, 5.41) is 11.3. The molecule has 6 nitrogen and oxygen atoms in total. The van der Waals surface area contributed by atoms with Crippen LogP contribution in [-0.4, -0.2) is 31.0 Å². The lowest BCUT2D eigenvalue weighted by atomic mass is 9.85. The van der Waals surface area contributed by atoms with E-state index in [2.05, 4.69) is 20.8 Å². The van der Waals surface area contributed by atoms with Gasteiger partial charge in [-0.15, -0.1) is 0 Å². The maximum absolute atomic E-state index is 13.9. The fourth-order valence-corrected chi connectivity index (χ4v) is 4.53. The lowest BCUT2D eigenvalue weighted by Gasteiger charge is -2.27. The number of amides is 1. The molecule has 8 heteroatoms. The summed E-state index contributed by atoms with van der Waals surface area (Å²) >= 11 is 6.02. The number of Topliss-reactive ketones (excluding diaryl/α,β-unsaturated/α-hetero) is 1. The number of hydrogen-bond donors (Lipinski definition) is 1. The van der Waals surface area contributed by atoms with Crippen LogP contribution in [-0.2, 0) is 15.0 Å². The van der Waals surface area contributed by atoms with Crippen molar-refractivity contribution in [3.05, 3.63) is 93.8 Å². The zero-order valence-electron chi connectivity index (χ0n) is 21.1. The normalized spacial score (nSPS) is 17.3. The Morgan fingerprint density at radius 3 is 2.22 bits per heavy atom. The number of ketones is 1. The van der Waals surface area contributed by atoms with E-state index in [0.29, 0.717) is 11.3 Å². The number of ether oxygens (including phenoxy) is 2. The number of nitrogens with zero attached hydrogens (tertiary/aromatic N) is 1. The number of methoxy groups -OCH3 is 2. The summed E-state index contributed by atoms with van der Waals surface area (Å²) in [7, 11) is 2.90. The van der Waals surface area contributed by atoms with E-state index in [9.17, 15) is 19.1 Å². The fraction of sp³-hybridized carbons (Fsp3) is 0.241. The van der Waals surface area contributed by atoms with Crippen LogP contribution in [0.2, 0.25) is 5.02 Å². The van der Waals surface area contributed by atoms with Crippen LogP contribution in [0.15, 0.2) is 66.2 Å². The first-order chi connectivity index (χ1) is 17.5. The van der Waals surface area contributed by atoms with Crippen molar-refractivity contribution < 1.29 is 28.6 Å². The molecule has 0 aromatic heterocycles. The lowest BCUT2D eigenvalue weighted by Crippen LogP contribution is -2.29. The molecule has 4 rings (SSSR count). The van der Waals surface area contributed by atoms with E-state index in [1.165, 1.54) is 37.3 Å². The van der Waals surface area contributed by atoms with Gasteiger partial charge in [0.05, 0.1) is 36.4 Å². The standard InChI is InChI=1S/C29H27ClFNO5/c1-29(2,3)17-8-6-16(7-9-17)25-24(26(33)20-15-19(36-4)11-13-23(20)37-5)27(34)28(35)32(25)18-10-12-22(31)21(30)14-18/h6-15,25,33H,1-5H3/b26-24+. The zero-order valence-corrected chi connectivity index (χ0v) is 21.9. The molecule has 192 valence electrons. The van der Waals surface area contributed by atoms with Crippen LogP contribution >= 0.6 is 11.6 Å². The van der Waals surface area contributed by atoms with Gasteiger partial charge >= 0.3 is 0 Å². The third-order valence-electron chi connectivity index (χ3n) is 6.38. The molecular formula is C29H27ClFNO5. The summed E-state index contributed by atoms with van der Waals surface area (Å²) in [5.41, 5.74) is 1.77. The van der Waals surface area contributed by atoms with Gasteiger partial charge in [0.2, 0.25) is 0 Å². The number of rotatable bonds is 5. The largest absolute Gasteiger partial charge is 0.507 e. The summed E-state index contributed by atoms with van der Waals surface area (Å²) in [6.07, 6.45) is 0. The molecule has 1 atom stereocenters. The molecule has 3 aromatic rings. The van der Waals surface area contributed by atoms with Crippen molar-refractivity contribution in [2.45, 2.75) is 32.2 Å². The van der Waals surface area contributed by atoms with Crippen LogP contribution in [0, 0.1) is 5.82 Å². The topological polar surface area (TPSA) is 76.1 Å². The first-order valence-corrected chi connectivity index (χ1v) is 11.9. The average molecular weight is 524 g/mol. The summed E-state index contributed by atoms with van der Waals surface area (Å²) in [6, 6.07) is 15.0. The molecule has 0 bridgehead atoms. The highest BCUT2D eigenvalue weighted by atomic mass is 35.5.